The predicted molar refractivity (Wildman–Crippen MR) is 126 cm³/mol. The number of benzene rings is 1. The van der Waals surface area contributed by atoms with Crippen molar-refractivity contribution in [3.8, 4) is 0 Å². The third kappa shape index (κ3) is 5.28. The second-order valence-corrected chi connectivity index (χ2v) is 10.2. The molecule has 1 heterocycles. The van der Waals surface area contributed by atoms with Gasteiger partial charge in [0.1, 0.15) is 12.7 Å². The molecule has 1 aromatic rings. The SMILES string of the molecule is CCC=CC(=O)OC1COC(c2ccc(C34CCC(CCCCC)(CC3)CC4)cc2)CO1. The normalized spacial score (nSPS) is 32.3. The summed E-state index contributed by atoms with van der Waals surface area (Å²) in [7, 11) is 0. The maximum Gasteiger partial charge on any atom is 0.332 e. The van der Waals surface area contributed by atoms with Crippen molar-refractivity contribution in [3.63, 3.8) is 0 Å². The number of esters is 1. The number of unbranched alkanes of at least 4 members (excludes halogenated alkanes) is 2. The van der Waals surface area contributed by atoms with Crippen molar-refractivity contribution < 1.29 is 19.0 Å². The van der Waals surface area contributed by atoms with Crippen LogP contribution in [-0.2, 0) is 24.4 Å². The van der Waals surface area contributed by atoms with E-state index in [1.807, 2.05) is 6.92 Å². The van der Waals surface area contributed by atoms with E-state index in [4.69, 9.17) is 14.2 Å². The molecule has 2 atom stereocenters. The van der Waals surface area contributed by atoms with Crippen LogP contribution < -0.4 is 0 Å². The topological polar surface area (TPSA) is 44.8 Å². The number of allylic oxidation sites excluding steroid dienone is 1. The minimum Gasteiger partial charge on any atom is -0.430 e. The lowest BCUT2D eigenvalue weighted by Gasteiger charge is -2.54. The van der Waals surface area contributed by atoms with E-state index >= 15 is 0 Å². The van der Waals surface area contributed by atoms with Crippen LogP contribution in [0.3, 0.4) is 0 Å². The summed E-state index contributed by atoms with van der Waals surface area (Å²) in [5.74, 6) is -0.378. The number of hydrogen-bond acceptors (Lipinski definition) is 4. The van der Waals surface area contributed by atoms with Crippen molar-refractivity contribution in [1.82, 2.24) is 0 Å². The van der Waals surface area contributed by atoms with Crippen molar-refractivity contribution >= 4 is 5.97 Å². The zero-order valence-electron chi connectivity index (χ0n) is 19.9. The van der Waals surface area contributed by atoms with Crippen molar-refractivity contribution in [2.45, 2.75) is 102 Å². The van der Waals surface area contributed by atoms with Crippen LogP contribution in [0.1, 0.15) is 102 Å². The molecule has 1 saturated heterocycles. The van der Waals surface area contributed by atoms with Crippen LogP contribution in [0.15, 0.2) is 36.4 Å². The molecule has 1 aromatic carbocycles. The molecule has 176 valence electrons. The summed E-state index contributed by atoms with van der Waals surface area (Å²) >= 11 is 0. The van der Waals surface area contributed by atoms with E-state index in [2.05, 4.69) is 31.2 Å². The summed E-state index contributed by atoms with van der Waals surface area (Å²) in [6, 6.07) is 9.09. The molecule has 3 saturated carbocycles. The smallest absolute Gasteiger partial charge is 0.332 e. The molecule has 0 radical (unpaired) electrons. The van der Waals surface area contributed by atoms with Crippen LogP contribution in [0.4, 0.5) is 0 Å². The summed E-state index contributed by atoms with van der Waals surface area (Å²) in [5.41, 5.74) is 3.69. The Bertz CT molecular complexity index is 749. The fourth-order valence-electron chi connectivity index (χ4n) is 6.00. The minimum absolute atomic E-state index is 0.105. The van der Waals surface area contributed by atoms with Gasteiger partial charge < -0.3 is 14.2 Å². The van der Waals surface area contributed by atoms with Crippen molar-refractivity contribution in [3.05, 3.63) is 47.5 Å². The Morgan fingerprint density at radius 2 is 1.72 bits per heavy atom. The van der Waals surface area contributed by atoms with E-state index in [1.54, 1.807) is 6.08 Å². The summed E-state index contributed by atoms with van der Waals surface area (Å²) in [6.45, 7) is 4.95. The van der Waals surface area contributed by atoms with Crippen LogP contribution in [0.25, 0.3) is 0 Å². The van der Waals surface area contributed by atoms with Gasteiger partial charge in [-0.3, -0.25) is 0 Å². The molecule has 3 aliphatic carbocycles. The average molecular weight is 441 g/mol. The molecular formula is C28H40O4. The third-order valence-corrected chi connectivity index (χ3v) is 8.21. The molecule has 1 aliphatic heterocycles. The van der Waals surface area contributed by atoms with Gasteiger partial charge in [0, 0.05) is 6.08 Å². The molecule has 4 nitrogen and oxygen atoms in total. The van der Waals surface area contributed by atoms with Crippen molar-refractivity contribution in [2.75, 3.05) is 13.2 Å². The number of fused-ring (bicyclic) bond motifs is 3. The zero-order valence-corrected chi connectivity index (χ0v) is 19.9. The second-order valence-electron chi connectivity index (χ2n) is 10.2. The fraction of sp³-hybridized carbons (Fsp3) is 0.679. The van der Waals surface area contributed by atoms with E-state index in [1.165, 1.54) is 75.8 Å². The highest BCUT2D eigenvalue weighted by atomic mass is 16.7. The van der Waals surface area contributed by atoms with Crippen LogP contribution >= 0.6 is 0 Å². The summed E-state index contributed by atoms with van der Waals surface area (Å²) in [5, 5.41) is 0. The van der Waals surface area contributed by atoms with Gasteiger partial charge >= 0.3 is 5.97 Å². The summed E-state index contributed by atoms with van der Waals surface area (Å²) in [6.07, 6.45) is 17.1. The van der Waals surface area contributed by atoms with Gasteiger partial charge in [-0.15, -0.1) is 0 Å². The fourth-order valence-corrected chi connectivity index (χ4v) is 6.00. The highest BCUT2D eigenvalue weighted by Crippen LogP contribution is 2.59. The molecule has 0 spiro atoms. The Labute approximate surface area is 193 Å². The van der Waals surface area contributed by atoms with Gasteiger partial charge in [-0.2, -0.15) is 0 Å². The molecule has 4 aliphatic rings. The molecule has 2 bridgehead atoms. The van der Waals surface area contributed by atoms with E-state index < -0.39 is 6.29 Å². The van der Waals surface area contributed by atoms with Crippen LogP contribution in [0.5, 0.6) is 0 Å². The molecule has 4 fully saturated rings. The maximum absolute atomic E-state index is 11.7. The number of hydrogen-bond donors (Lipinski definition) is 0. The number of rotatable bonds is 9. The molecule has 0 N–H and O–H groups in total. The van der Waals surface area contributed by atoms with E-state index in [0.29, 0.717) is 17.4 Å². The molecule has 2 unspecified atom stereocenters. The molecule has 32 heavy (non-hydrogen) atoms. The van der Waals surface area contributed by atoms with Crippen molar-refractivity contribution in [2.24, 2.45) is 5.41 Å². The monoisotopic (exact) mass is 440 g/mol. The highest BCUT2D eigenvalue weighted by Gasteiger charge is 2.48. The molecule has 0 amide bonds. The quantitative estimate of drug-likeness (QED) is 0.241. The Morgan fingerprint density at radius 1 is 1.00 bits per heavy atom. The second kappa shape index (κ2) is 10.5. The first-order valence-electron chi connectivity index (χ1n) is 12.8. The Morgan fingerprint density at radius 3 is 2.31 bits per heavy atom. The third-order valence-electron chi connectivity index (χ3n) is 8.21. The first-order valence-corrected chi connectivity index (χ1v) is 12.8. The first-order chi connectivity index (χ1) is 15.6. The van der Waals surface area contributed by atoms with Crippen LogP contribution in [0.2, 0.25) is 0 Å². The average Bonchev–Trinajstić information content (AvgIpc) is 2.85. The summed E-state index contributed by atoms with van der Waals surface area (Å²) < 4.78 is 17.0. The zero-order chi connectivity index (χ0) is 22.4. The van der Waals surface area contributed by atoms with Gasteiger partial charge in [0.2, 0.25) is 6.29 Å². The Hall–Kier alpha value is -1.65. The van der Waals surface area contributed by atoms with E-state index in [9.17, 15) is 4.79 Å². The minimum atomic E-state index is -0.625. The van der Waals surface area contributed by atoms with Crippen LogP contribution in [-0.4, -0.2) is 25.5 Å². The number of carbonyl (C=O) groups is 1. The number of ether oxygens (including phenoxy) is 3. The van der Waals surface area contributed by atoms with Gasteiger partial charge in [0.15, 0.2) is 0 Å². The molecular weight excluding hydrogens is 400 g/mol. The summed E-state index contributed by atoms with van der Waals surface area (Å²) in [4.78, 5) is 11.7. The van der Waals surface area contributed by atoms with Gasteiger partial charge in [0.25, 0.3) is 0 Å². The standard InChI is InChI=1S/C28H40O4/c1-3-5-7-13-27-14-17-28(18-15-27,19-16-27)23-11-9-22(10-12-23)24-20-31-26(21-30-24)32-25(29)8-6-4-2/h6,8-12,24,26H,3-5,7,13-21H2,1-2H3. The first kappa shape index (κ1) is 23.5. The lowest BCUT2D eigenvalue weighted by molar-refractivity contribution is -0.230. The van der Waals surface area contributed by atoms with Gasteiger partial charge in [-0.05, 0) is 73.3 Å². The van der Waals surface area contributed by atoms with Gasteiger partial charge in [-0.25, -0.2) is 4.79 Å². The molecule has 4 heteroatoms. The maximum atomic E-state index is 11.7. The Balaban J connectivity index is 1.29. The highest BCUT2D eigenvalue weighted by molar-refractivity contribution is 5.81. The van der Waals surface area contributed by atoms with Gasteiger partial charge in [0.05, 0.1) is 6.61 Å². The lowest BCUT2D eigenvalue weighted by Crippen LogP contribution is -2.44. The van der Waals surface area contributed by atoms with Crippen molar-refractivity contribution in [1.29, 1.82) is 0 Å². The van der Waals surface area contributed by atoms with E-state index in [0.717, 1.165) is 12.0 Å². The lowest BCUT2D eigenvalue weighted by atomic mass is 9.51. The van der Waals surface area contributed by atoms with Gasteiger partial charge in [-0.1, -0.05) is 63.5 Å². The predicted octanol–water partition coefficient (Wildman–Crippen LogP) is 6.78. The molecule has 5 rings (SSSR count). The number of carbonyl (C=O) groups excluding carboxylic acids is 1. The largest absolute Gasteiger partial charge is 0.430 e. The Kier molecular flexibility index (Phi) is 7.73. The van der Waals surface area contributed by atoms with Crippen LogP contribution in [0, 0.1) is 5.41 Å². The van der Waals surface area contributed by atoms with E-state index in [-0.39, 0.29) is 18.7 Å². The molecule has 0 aromatic heterocycles.